The molecule has 22 heavy (non-hydrogen) atoms. The van der Waals surface area contributed by atoms with Crippen LogP contribution in [0.15, 0.2) is 46.9 Å². The Morgan fingerprint density at radius 3 is 2.68 bits per heavy atom. The molecule has 3 rings (SSSR count). The Balaban J connectivity index is 1.36. The maximum atomic E-state index is 11.9. The molecule has 1 aliphatic carbocycles. The van der Waals surface area contributed by atoms with E-state index in [1.165, 1.54) is 12.0 Å². The van der Waals surface area contributed by atoms with E-state index in [4.69, 9.17) is 4.42 Å². The molecule has 2 aromatic rings. The summed E-state index contributed by atoms with van der Waals surface area (Å²) in [6.45, 7) is 2.93. The van der Waals surface area contributed by atoms with Gasteiger partial charge in [0.15, 0.2) is 0 Å². The molecule has 1 N–H and O–H groups in total. The second-order valence-electron chi connectivity index (χ2n) is 6.21. The van der Waals surface area contributed by atoms with Crippen molar-refractivity contribution in [2.24, 2.45) is 5.92 Å². The monoisotopic (exact) mass is 297 g/mol. The molecular weight excluding hydrogens is 274 g/mol. The largest absolute Gasteiger partial charge is 0.466 e. The lowest BCUT2D eigenvalue weighted by Gasteiger charge is -2.04. The topological polar surface area (TPSA) is 42.2 Å². The number of benzene rings is 1. The van der Waals surface area contributed by atoms with E-state index in [9.17, 15) is 4.79 Å². The molecule has 1 aromatic carbocycles. The Bertz CT molecular complexity index is 617. The molecule has 1 fully saturated rings. The summed E-state index contributed by atoms with van der Waals surface area (Å²) in [6, 6.07) is 14.3. The zero-order valence-electron chi connectivity index (χ0n) is 13.0. The van der Waals surface area contributed by atoms with E-state index in [0.29, 0.717) is 25.3 Å². The van der Waals surface area contributed by atoms with Crippen LogP contribution in [0.2, 0.25) is 0 Å². The van der Waals surface area contributed by atoms with E-state index >= 15 is 0 Å². The number of furan rings is 1. The molecule has 116 valence electrons. The summed E-state index contributed by atoms with van der Waals surface area (Å²) in [4.78, 5) is 11.9. The zero-order valence-corrected chi connectivity index (χ0v) is 13.0. The fourth-order valence-corrected chi connectivity index (χ4v) is 2.76. The Morgan fingerprint density at radius 1 is 1.18 bits per heavy atom. The zero-order chi connectivity index (χ0) is 15.4. The highest BCUT2D eigenvalue weighted by Crippen LogP contribution is 2.47. The van der Waals surface area contributed by atoms with Gasteiger partial charge < -0.3 is 9.73 Å². The van der Waals surface area contributed by atoms with Gasteiger partial charge in [-0.15, -0.1) is 0 Å². The van der Waals surface area contributed by atoms with Crippen LogP contribution < -0.4 is 5.32 Å². The SMILES string of the molecule is C[C@@H]1C[C@@H]1c1ccc(CCC(=O)NCCc2ccccc2)o1. The quantitative estimate of drug-likeness (QED) is 0.847. The summed E-state index contributed by atoms with van der Waals surface area (Å²) < 4.78 is 5.82. The minimum Gasteiger partial charge on any atom is -0.466 e. The summed E-state index contributed by atoms with van der Waals surface area (Å²) in [7, 11) is 0. The van der Waals surface area contributed by atoms with E-state index in [-0.39, 0.29) is 5.91 Å². The molecular formula is C19H23NO2. The lowest BCUT2D eigenvalue weighted by Crippen LogP contribution is -2.25. The van der Waals surface area contributed by atoms with Crippen molar-refractivity contribution in [3.63, 3.8) is 0 Å². The summed E-state index contributed by atoms with van der Waals surface area (Å²) in [6.07, 6.45) is 3.27. The van der Waals surface area contributed by atoms with Crippen molar-refractivity contribution in [3.8, 4) is 0 Å². The highest BCUT2D eigenvalue weighted by Gasteiger charge is 2.36. The number of amides is 1. The number of carbonyl (C=O) groups excluding carboxylic acids is 1. The van der Waals surface area contributed by atoms with Crippen molar-refractivity contribution in [2.45, 2.75) is 38.5 Å². The van der Waals surface area contributed by atoms with E-state index in [1.807, 2.05) is 24.3 Å². The molecule has 0 unspecified atom stereocenters. The Labute approximate surface area is 131 Å². The molecule has 3 nitrogen and oxygen atoms in total. The number of hydrogen-bond acceptors (Lipinski definition) is 2. The Kier molecular flexibility index (Phi) is 4.62. The molecule has 0 spiro atoms. The smallest absolute Gasteiger partial charge is 0.220 e. The van der Waals surface area contributed by atoms with E-state index in [1.54, 1.807) is 0 Å². The third-order valence-electron chi connectivity index (χ3n) is 4.33. The lowest BCUT2D eigenvalue weighted by molar-refractivity contribution is -0.121. The molecule has 1 aromatic heterocycles. The first kappa shape index (κ1) is 14.9. The molecule has 0 radical (unpaired) electrons. The third-order valence-corrected chi connectivity index (χ3v) is 4.33. The summed E-state index contributed by atoms with van der Waals surface area (Å²) in [5.41, 5.74) is 1.25. The van der Waals surface area contributed by atoms with Gasteiger partial charge in [0, 0.05) is 25.3 Å². The molecule has 0 aliphatic heterocycles. The summed E-state index contributed by atoms with van der Waals surface area (Å²) in [5, 5.41) is 2.97. The van der Waals surface area contributed by atoms with Gasteiger partial charge in [-0.3, -0.25) is 4.79 Å². The molecule has 1 heterocycles. The third kappa shape index (κ3) is 4.00. The first-order valence-electron chi connectivity index (χ1n) is 8.11. The van der Waals surface area contributed by atoms with Crippen LogP contribution in [0, 0.1) is 5.92 Å². The average molecular weight is 297 g/mol. The fraction of sp³-hybridized carbons (Fsp3) is 0.421. The highest BCUT2D eigenvalue weighted by molar-refractivity contribution is 5.76. The minimum absolute atomic E-state index is 0.0914. The predicted molar refractivity (Wildman–Crippen MR) is 86.7 cm³/mol. The van der Waals surface area contributed by atoms with Crippen LogP contribution in [0.3, 0.4) is 0 Å². The van der Waals surface area contributed by atoms with Crippen LogP contribution in [-0.4, -0.2) is 12.5 Å². The minimum atomic E-state index is 0.0914. The van der Waals surface area contributed by atoms with Gasteiger partial charge in [-0.05, 0) is 36.5 Å². The number of rotatable bonds is 7. The van der Waals surface area contributed by atoms with Gasteiger partial charge in [-0.25, -0.2) is 0 Å². The van der Waals surface area contributed by atoms with Crippen molar-refractivity contribution in [1.82, 2.24) is 5.32 Å². The van der Waals surface area contributed by atoms with Crippen molar-refractivity contribution in [3.05, 3.63) is 59.5 Å². The van der Waals surface area contributed by atoms with E-state index in [0.717, 1.165) is 23.9 Å². The first-order valence-corrected chi connectivity index (χ1v) is 8.11. The van der Waals surface area contributed by atoms with E-state index < -0.39 is 0 Å². The van der Waals surface area contributed by atoms with E-state index in [2.05, 4.69) is 30.4 Å². The second kappa shape index (κ2) is 6.82. The molecule has 3 heteroatoms. The van der Waals surface area contributed by atoms with Crippen molar-refractivity contribution >= 4 is 5.91 Å². The molecule has 1 saturated carbocycles. The predicted octanol–water partition coefficient (Wildman–Crippen LogP) is 3.69. The average Bonchev–Trinajstić information content (AvgIpc) is 3.08. The van der Waals surface area contributed by atoms with Crippen LogP contribution in [0.5, 0.6) is 0 Å². The highest BCUT2D eigenvalue weighted by atomic mass is 16.3. The maximum absolute atomic E-state index is 11.9. The summed E-state index contributed by atoms with van der Waals surface area (Å²) >= 11 is 0. The number of nitrogens with one attached hydrogen (secondary N) is 1. The molecule has 0 saturated heterocycles. The van der Waals surface area contributed by atoms with Crippen LogP contribution in [0.25, 0.3) is 0 Å². The van der Waals surface area contributed by atoms with Gasteiger partial charge in [0.2, 0.25) is 5.91 Å². The summed E-state index contributed by atoms with van der Waals surface area (Å²) in [5.74, 6) is 3.46. The second-order valence-corrected chi connectivity index (χ2v) is 6.21. The lowest BCUT2D eigenvalue weighted by atomic mass is 10.1. The Morgan fingerprint density at radius 2 is 1.95 bits per heavy atom. The van der Waals surface area contributed by atoms with Gasteiger partial charge in [0.1, 0.15) is 11.5 Å². The van der Waals surface area contributed by atoms with Crippen LogP contribution >= 0.6 is 0 Å². The van der Waals surface area contributed by atoms with Crippen LogP contribution in [0.4, 0.5) is 0 Å². The molecule has 2 atom stereocenters. The fourth-order valence-electron chi connectivity index (χ4n) is 2.76. The molecule has 1 aliphatic rings. The van der Waals surface area contributed by atoms with Crippen molar-refractivity contribution in [1.29, 1.82) is 0 Å². The van der Waals surface area contributed by atoms with Crippen LogP contribution in [-0.2, 0) is 17.6 Å². The molecule has 1 amide bonds. The first-order chi connectivity index (χ1) is 10.7. The van der Waals surface area contributed by atoms with Crippen LogP contribution in [0.1, 0.15) is 42.8 Å². The normalized spacial score (nSPS) is 19.9. The number of carbonyl (C=O) groups is 1. The number of aryl methyl sites for hydroxylation is 1. The Hall–Kier alpha value is -2.03. The maximum Gasteiger partial charge on any atom is 0.220 e. The van der Waals surface area contributed by atoms with Crippen molar-refractivity contribution < 1.29 is 9.21 Å². The van der Waals surface area contributed by atoms with Gasteiger partial charge in [-0.1, -0.05) is 37.3 Å². The number of hydrogen-bond donors (Lipinski definition) is 1. The van der Waals surface area contributed by atoms with Gasteiger partial charge >= 0.3 is 0 Å². The van der Waals surface area contributed by atoms with Crippen molar-refractivity contribution in [2.75, 3.05) is 6.54 Å². The van der Waals surface area contributed by atoms with Gasteiger partial charge in [0.05, 0.1) is 0 Å². The van der Waals surface area contributed by atoms with Gasteiger partial charge in [0.25, 0.3) is 0 Å². The standard InChI is InChI=1S/C19H23NO2/c1-14-13-17(14)18-9-7-16(22-18)8-10-19(21)20-12-11-15-5-3-2-4-6-15/h2-7,9,14,17H,8,10-13H2,1H3,(H,20,21)/t14-,17+/m1/s1. The van der Waals surface area contributed by atoms with Gasteiger partial charge in [-0.2, -0.15) is 0 Å². The molecule has 0 bridgehead atoms.